The molecule has 1 saturated heterocycles. The molecule has 1 aliphatic heterocycles. The highest BCUT2D eigenvalue weighted by molar-refractivity contribution is 5.96. The Hall–Kier alpha value is -3.82. The number of aryl methyl sites for hydroxylation is 2. The molecule has 0 bridgehead atoms. The topological polar surface area (TPSA) is 84.2 Å². The van der Waals surface area contributed by atoms with E-state index in [1.807, 2.05) is 32.0 Å². The zero-order chi connectivity index (χ0) is 23.3. The number of hydrogen-bond acceptors (Lipinski definition) is 5. The first-order valence-electron chi connectivity index (χ1n) is 10.3. The zero-order valence-electron chi connectivity index (χ0n) is 17.7. The molecular formula is C23H19F3N4O3. The molecule has 0 unspecified atom stereocenters. The van der Waals surface area contributed by atoms with Crippen molar-refractivity contribution in [2.75, 3.05) is 4.90 Å². The highest BCUT2D eigenvalue weighted by Gasteiger charge is 2.36. The number of aromatic amines is 1. The third-order valence-electron chi connectivity index (χ3n) is 5.70. The van der Waals surface area contributed by atoms with E-state index >= 15 is 0 Å². The number of carbonyl (C=O) groups excluding carboxylic acids is 1. The van der Waals surface area contributed by atoms with E-state index in [9.17, 15) is 18.0 Å². The van der Waals surface area contributed by atoms with E-state index in [-0.39, 0.29) is 17.7 Å². The number of rotatable bonds is 4. The summed E-state index contributed by atoms with van der Waals surface area (Å²) < 4.78 is 46.5. The second-order valence-corrected chi connectivity index (χ2v) is 7.91. The fourth-order valence-corrected chi connectivity index (χ4v) is 4.31. The molecule has 1 atom stereocenters. The predicted octanol–water partition coefficient (Wildman–Crippen LogP) is 5.60. The molecule has 7 nitrogen and oxygen atoms in total. The number of anilines is 1. The minimum Gasteiger partial charge on any atom is -0.406 e. The molecule has 0 spiro atoms. The van der Waals surface area contributed by atoms with Crippen LogP contribution in [0.2, 0.25) is 0 Å². The molecule has 0 saturated carbocycles. The van der Waals surface area contributed by atoms with Gasteiger partial charge in [-0.1, -0.05) is 11.2 Å². The maximum absolute atomic E-state index is 12.6. The number of H-pyrrole nitrogens is 1. The third-order valence-corrected chi connectivity index (χ3v) is 5.70. The summed E-state index contributed by atoms with van der Waals surface area (Å²) in [6.07, 6.45) is -3.92. The van der Waals surface area contributed by atoms with Gasteiger partial charge in [-0.15, -0.1) is 13.2 Å². The molecule has 1 N–H and O–H groups in total. The maximum Gasteiger partial charge on any atom is 0.573 e. The Balaban J connectivity index is 1.46. The van der Waals surface area contributed by atoms with Crippen molar-refractivity contribution < 1.29 is 27.2 Å². The minimum absolute atomic E-state index is 0.124. The lowest BCUT2D eigenvalue weighted by molar-refractivity contribution is -0.274. The summed E-state index contributed by atoms with van der Waals surface area (Å²) in [5.41, 5.74) is 4.68. The molecule has 5 rings (SSSR count). The summed E-state index contributed by atoms with van der Waals surface area (Å²) in [5.74, 6) is 0.867. The van der Waals surface area contributed by atoms with Gasteiger partial charge in [0.2, 0.25) is 5.91 Å². The van der Waals surface area contributed by atoms with Crippen LogP contribution < -0.4 is 9.64 Å². The first kappa shape index (κ1) is 21.0. The molecule has 4 aromatic rings. The summed E-state index contributed by atoms with van der Waals surface area (Å²) in [4.78, 5) is 22.2. The largest absolute Gasteiger partial charge is 0.573 e. The first-order valence-corrected chi connectivity index (χ1v) is 10.3. The number of nitrogens with one attached hydrogen (secondary N) is 1. The highest BCUT2D eigenvalue weighted by Crippen LogP contribution is 2.38. The van der Waals surface area contributed by atoms with Crippen molar-refractivity contribution in [3.8, 4) is 16.9 Å². The van der Waals surface area contributed by atoms with Gasteiger partial charge in [-0.05, 0) is 62.2 Å². The molecule has 33 heavy (non-hydrogen) atoms. The fraction of sp³-hybridized carbons (Fsp3) is 0.261. The number of ether oxygens (including phenoxy) is 1. The molecule has 170 valence electrons. The van der Waals surface area contributed by atoms with E-state index in [0.717, 1.165) is 33.6 Å². The Morgan fingerprint density at radius 2 is 1.91 bits per heavy atom. The molecule has 3 heterocycles. The van der Waals surface area contributed by atoms with E-state index in [0.29, 0.717) is 24.4 Å². The van der Waals surface area contributed by atoms with E-state index in [1.165, 1.54) is 24.3 Å². The normalized spacial score (nSPS) is 16.7. The molecule has 10 heteroatoms. The number of halogens is 3. The number of aromatic nitrogens is 3. The van der Waals surface area contributed by atoms with Crippen LogP contribution in [0.1, 0.15) is 36.2 Å². The number of hydrogen-bond donors (Lipinski definition) is 1. The zero-order valence-corrected chi connectivity index (χ0v) is 17.7. The number of imidazole rings is 1. The quantitative estimate of drug-likeness (QED) is 0.432. The Kier molecular flexibility index (Phi) is 4.88. The Morgan fingerprint density at radius 1 is 1.15 bits per heavy atom. The van der Waals surface area contributed by atoms with Gasteiger partial charge >= 0.3 is 6.36 Å². The van der Waals surface area contributed by atoms with Crippen LogP contribution >= 0.6 is 0 Å². The van der Waals surface area contributed by atoms with E-state index in [1.54, 1.807) is 4.90 Å². The number of amides is 1. The van der Waals surface area contributed by atoms with Gasteiger partial charge in [-0.25, -0.2) is 4.98 Å². The Labute approximate surface area is 186 Å². The van der Waals surface area contributed by atoms with Gasteiger partial charge < -0.3 is 19.1 Å². The van der Waals surface area contributed by atoms with Gasteiger partial charge in [-0.2, -0.15) is 0 Å². The first-order chi connectivity index (χ1) is 15.7. The number of benzene rings is 2. The predicted molar refractivity (Wildman–Crippen MR) is 114 cm³/mol. The summed E-state index contributed by atoms with van der Waals surface area (Å²) in [7, 11) is 0. The molecule has 2 aromatic heterocycles. The summed E-state index contributed by atoms with van der Waals surface area (Å²) in [5, 5.41) is 4.00. The number of alkyl halides is 3. The van der Waals surface area contributed by atoms with Crippen molar-refractivity contribution in [3.05, 3.63) is 59.7 Å². The van der Waals surface area contributed by atoms with Crippen molar-refractivity contribution in [2.45, 2.75) is 39.1 Å². The van der Waals surface area contributed by atoms with Gasteiger partial charge in [0.05, 0.1) is 22.8 Å². The second kappa shape index (κ2) is 7.65. The van der Waals surface area contributed by atoms with Gasteiger partial charge in [0.25, 0.3) is 0 Å². The van der Waals surface area contributed by atoms with Gasteiger partial charge in [0, 0.05) is 17.7 Å². The number of fused-ring (bicyclic) bond motifs is 1. The van der Waals surface area contributed by atoms with Crippen LogP contribution in [0.4, 0.5) is 18.9 Å². The minimum atomic E-state index is -4.77. The van der Waals surface area contributed by atoms with Crippen LogP contribution in [0.3, 0.4) is 0 Å². The average molecular weight is 456 g/mol. The van der Waals surface area contributed by atoms with E-state index in [2.05, 4.69) is 19.9 Å². The Morgan fingerprint density at radius 3 is 2.58 bits per heavy atom. The van der Waals surface area contributed by atoms with Crippen molar-refractivity contribution in [1.82, 2.24) is 15.1 Å². The van der Waals surface area contributed by atoms with Crippen LogP contribution in [-0.2, 0) is 4.79 Å². The van der Waals surface area contributed by atoms with Crippen LogP contribution in [0.25, 0.3) is 22.2 Å². The second-order valence-electron chi connectivity index (χ2n) is 7.91. The van der Waals surface area contributed by atoms with E-state index < -0.39 is 6.36 Å². The summed E-state index contributed by atoms with van der Waals surface area (Å²) in [6.45, 7) is 3.73. The standard InChI is InChI=1S/C23H19F3N4O3/c1-12-21(13(2)33-29-12)14-3-8-17-18(11-14)28-22(27-17)19-9-10-20(31)30(19)15-4-6-16(7-5-15)32-23(24,25)26/h3-8,11,19H,9-10H2,1-2H3,(H,27,28)/t19-/m0/s1. The third kappa shape index (κ3) is 3.92. The fourth-order valence-electron chi connectivity index (χ4n) is 4.31. The molecule has 1 amide bonds. The van der Waals surface area contributed by atoms with Crippen LogP contribution in [0, 0.1) is 13.8 Å². The molecule has 0 aliphatic carbocycles. The highest BCUT2D eigenvalue weighted by atomic mass is 19.4. The summed E-state index contributed by atoms with van der Waals surface area (Å²) >= 11 is 0. The van der Waals surface area contributed by atoms with Crippen LogP contribution in [0.5, 0.6) is 5.75 Å². The van der Waals surface area contributed by atoms with Crippen LogP contribution in [-0.4, -0.2) is 27.4 Å². The SMILES string of the molecule is Cc1noc(C)c1-c1ccc2nc([C@@H]3CCC(=O)N3c3ccc(OC(F)(F)F)cc3)[nH]c2c1. The Bertz CT molecular complexity index is 1320. The van der Waals surface area contributed by atoms with Crippen LogP contribution in [0.15, 0.2) is 47.0 Å². The average Bonchev–Trinajstić information content (AvgIpc) is 3.43. The molecule has 1 fully saturated rings. The van der Waals surface area contributed by atoms with E-state index in [4.69, 9.17) is 4.52 Å². The lowest BCUT2D eigenvalue weighted by Crippen LogP contribution is -2.28. The number of carbonyl (C=O) groups is 1. The van der Waals surface area contributed by atoms with Gasteiger partial charge in [0.1, 0.15) is 17.3 Å². The molecule has 2 aromatic carbocycles. The molecule has 1 aliphatic rings. The summed E-state index contributed by atoms with van der Waals surface area (Å²) in [6, 6.07) is 10.7. The van der Waals surface area contributed by atoms with Gasteiger partial charge in [0.15, 0.2) is 0 Å². The van der Waals surface area contributed by atoms with Crippen molar-refractivity contribution in [3.63, 3.8) is 0 Å². The van der Waals surface area contributed by atoms with Crippen molar-refractivity contribution >= 4 is 22.6 Å². The lowest BCUT2D eigenvalue weighted by Gasteiger charge is -2.23. The molecular weight excluding hydrogens is 437 g/mol. The van der Waals surface area contributed by atoms with Gasteiger partial charge in [-0.3, -0.25) is 4.79 Å². The molecule has 0 radical (unpaired) electrons. The monoisotopic (exact) mass is 456 g/mol. The lowest BCUT2D eigenvalue weighted by atomic mass is 10.0. The maximum atomic E-state index is 12.6. The smallest absolute Gasteiger partial charge is 0.406 e. The van der Waals surface area contributed by atoms with Crippen molar-refractivity contribution in [1.29, 1.82) is 0 Å². The number of nitrogens with zero attached hydrogens (tertiary/aromatic N) is 3. The van der Waals surface area contributed by atoms with Crippen molar-refractivity contribution in [2.24, 2.45) is 0 Å².